The van der Waals surface area contributed by atoms with Crippen molar-refractivity contribution in [2.75, 3.05) is 6.61 Å². The maximum Gasteiger partial charge on any atom is 0.261 e. The fraction of sp³-hybridized carbons (Fsp3) is 0.200. The van der Waals surface area contributed by atoms with Gasteiger partial charge < -0.3 is 4.74 Å². The molecular weight excluding hydrogens is 300 g/mol. The highest BCUT2D eigenvalue weighted by Crippen LogP contribution is 2.19. The van der Waals surface area contributed by atoms with Crippen LogP contribution in [0.3, 0.4) is 0 Å². The minimum absolute atomic E-state index is 0.0396. The minimum Gasteiger partial charge on any atom is -0.490 e. The first-order valence-corrected chi connectivity index (χ1v) is 8.19. The Balaban J connectivity index is 1.53. The Labute approximate surface area is 140 Å². The second-order valence-corrected chi connectivity index (χ2v) is 5.89. The Kier molecular flexibility index (Phi) is 3.87. The summed E-state index contributed by atoms with van der Waals surface area (Å²) in [5, 5.41) is 0.630. The molecule has 0 amide bonds. The number of benzene rings is 2. The largest absolute Gasteiger partial charge is 0.490 e. The zero-order valence-electron chi connectivity index (χ0n) is 13.3. The molecule has 4 nitrogen and oxygen atoms in total. The van der Waals surface area contributed by atoms with Gasteiger partial charge in [0.25, 0.3) is 5.56 Å². The zero-order valence-corrected chi connectivity index (χ0v) is 13.3. The van der Waals surface area contributed by atoms with E-state index in [2.05, 4.69) is 4.98 Å². The van der Waals surface area contributed by atoms with Crippen LogP contribution in [-0.4, -0.2) is 16.2 Å². The van der Waals surface area contributed by atoms with Gasteiger partial charge in [0.15, 0.2) is 0 Å². The Morgan fingerprint density at radius 2 is 2.04 bits per heavy atom. The molecule has 0 spiro atoms. The van der Waals surface area contributed by atoms with Crippen molar-refractivity contribution < 1.29 is 4.74 Å². The van der Waals surface area contributed by atoms with Crippen LogP contribution in [0.15, 0.2) is 59.4 Å². The topological polar surface area (TPSA) is 44.1 Å². The van der Waals surface area contributed by atoms with E-state index in [4.69, 9.17) is 4.74 Å². The van der Waals surface area contributed by atoms with E-state index in [0.717, 1.165) is 36.3 Å². The number of ether oxygens (including phenoxy) is 1. The van der Waals surface area contributed by atoms with Crippen LogP contribution in [-0.2, 0) is 13.0 Å². The van der Waals surface area contributed by atoms with E-state index in [1.165, 1.54) is 0 Å². The van der Waals surface area contributed by atoms with Crippen LogP contribution in [0.5, 0.6) is 5.75 Å². The summed E-state index contributed by atoms with van der Waals surface area (Å²) < 4.78 is 7.53. The molecule has 2 heterocycles. The summed E-state index contributed by atoms with van der Waals surface area (Å²) in [5.74, 6) is 1.59. The lowest BCUT2D eigenvalue weighted by Crippen LogP contribution is -2.20. The first-order valence-electron chi connectivity index (χ1n) is 8.19. The average molecular weight is 318 g/mol. The standard InChI is InChI=1S/C20H18N2O2/c23-20-17-14-16(24-13-5-8-15-6-2-1-3-7-15)10-11-18(17)21-19-9-4-12-22(19)20/h1-3,5-8,10-11,14H,4,9,12-13H2. The molecular formula is C20H18N2O2. The van der Waals surface area contributed by atoms with Crippen molar-refractivity contribution in [2.24, 2.45) is 0 Å². The fourth-order valence-corrected chi connectivity index (χ4v) is 3.05. The Bertz CT molecular complexity index is 959. The van der Waals surface area contributed by atoms with Crippen molar-refractivity contribution in [3.05, 3.63) is 76.3 Å². The number of rotatable bonds is 4. The summed E-state index contributed by atoms with van der Waals surface area (Å²) in [7, 11) is 0. The maximum absolute atomic E-state index is 12.5. The van der Waals surface area contributed by atoms with Gasteiger partial charge in [0.05, 0.1) is 10.9 Å². The molecule has 1 aromatic heterocycles. The molecule has 0 unspecified atom stereocenters. The zero-order chi connectivity index (χ0) is 16.4. The highest BCUT2D eigenvalue weighted by molar-refractivity contribution is 5.79. The molecule has 120 valence electrons. The molecule has 4 rings (SSSR count). The van der Waals surface area contributed by atoms with Crippen LogP contribution in [0.1, 0.15) is 17.8 Å². The van der Waals surface area contributed by atoms with Crippen LogP contribution in [0.2, 0.25) is 0 Å². The van der Waals surface area contributed by atoms with Gasteiger partial charge in [0, 0.05) is 13.0 Å². The van der Waals surface area contributed by atoms with Crippen molar-refractivity contribution in [1.29, 1.82) is 0 Å². The third-order valence-corrected chi connectivity index (χ3v) is 4.24. The molecule has 0 atom stereocenters. The van der Waals surface area contributed by atoms with Crippen molar-refractivity contribution in [3.8, 4) is 5.75 Å². The van der Waals surface area contributed by atoms with Crippen LogP contribution in [0.4, 0.5) is 0 Å². The van der Waals surface area contributed by atoms with Gasteiger partial charge in [-0.2, -0.15) is 0 Å². The van der Waals surface area contributed by atoms with Gasteiger partial charge in [-0.25, -0.2) is 4.98 Å². The summed E-state index contributed by atoms with van der Waals surface area (Å²) in [6, 6.07) is 15.6. The normalized spacial score (nSPS) is 13.5. The molecule has 0 N–H and O–H groups in total. The van der Waals surface area contributed by atoms with Gasteiger partial charge in [-0.15, -0.1) is 0 Å². The van der Waals surface area contributed by atoms with E-state index in [9.17, 15) is 4.79 Å². The monoisotopic (exact) mass is 318 g/mol. The van der Waals surface area contributed by atoms with E-state index < -0.39 is 0 Å². The highest BCUT2D eigenvalue weighted by atomic mass is 16.5. The summed E-state index contributed by atoms with van der Waals surface area (Å²) in [4.78, 5) is 17.1. The quantitative estimate of drug-likeness (QED) is 0.740. The molecule has 0 saturated carbocycles. The predicted molar refractivity (Wildman–Crippen MR) is 95.3 cm³/mol. The van der Waals surface area contributed by atoms with Gasteiger partial charge in [-0.05, 0) is 36.3 Å². The molecule has 1 aliphatic heterocycles. The second-order valence-electron chi connectivity index (χ2n) is 5.89. The maximum atomic E-state index is 12.5. The van der Waals surface area contributed by atoms with Crippen molar-refractivity contribution in [2.45, 2.75) is 19.4 Å². The lowest BCUT2D eigenvalue weighted by molar-refractivity contribution is 0.364. The van der Waals surface area contributed by atoms with Crippen LogP contribution in [0.25, 0.3) is 17.0 Å². The minimum atomic E-state index is 0.0396. The van der Waals surface area contributed by atoms with Crippen molar-refractivity contribution in [3.63, 3.8) is 0 Å². The highest BCUT2D eigenvalue weighted by Gasteiger charge is 2.16. The molecule has 0 fully saturated rings. The van der Waals surface area contributed by atoms with E-state index in [1.807, 2.05) is 54.6 Å². The lowest BCUT2D eigenvalue weighted by Gasteiger charge is -2.07. The van der Waals surface area contributed by atoms with E-state index in [0.29, 0.717) is 17.7 Å². The number of fused-ring (bicyclic) bond motifs is 2. The predicted octanol–water partition coefficient (Wildman–Crippen LogP) is 3.43. The van der Waals surface area contributed by atoms with Crippen molar-refractivity contribution >= 4 is 17.0 Å². The summed E-state index contributed by atoms with van der Waals surface area (Å²) in [6.07, 6.45) is 5.86. The van der Waals surface area contributed by atoms with Gasteiger partial charge in [-0.3, -0.25) is 9.36 Å². The molecule has 0 bridgehead atoms. The first kappa shape index (κ1) is 14.7. The molecule has 0 aliphatic carbocycles. The molecule has 24 heavy (non-hydrogen) atoms. The van der Waals surface area contributed by atoms with E-state index in [1.54, 1.807) is 10.6 Å². The Morgan fingerprint density at radius 1 is 1.17 bits per heavy atom. The molecule has 0 saturated heterocycles. The molecule has 1 aliphatic rings. The number of hydrogen-bond donors (Lipinski definition) is 0. The van der Waals surface area contributed by atoms with Gasteiger partial charge in [0.1, 0.15) is 18.2 Å². The average Bonchev–Trinajstić information content (AvgIpc) is 3.09. The smallest absolute Gasteiger partial charge is 0.261 e. The van der Waals surface area contributed by atoms with Gasteiger partial charge in [-0.1, -0.05) is 36.4 Å². The number of hydrogen-bond acceptors (Lipinski definition) is 3. The third-order valence-electron chi connectivity index (χ3n) is 4.24. The van der Waals surface area contributed by atoms with Gasteiger partial charge in [0.2, 0.25) is 0 Å². The molecule has 0 radical (unpaired) electrons. The van der Waals surface area contributed by atoms with Crippen LogP contribution in [0, 0.1) is 0 Å². The molecule has 2 aromatic carbocycles. The molecule has 4 heteroatoms. The van der Waals surface area contributed by atoms with Crippen molar-refractivity contribution in [1.82, 2.24) is 9.55 Å². The number of nitrogens with zero attached hydrogens (tertiary/aromatic N) is 2. The van der Waals surface area contributed by atoms with E-state index in [-0.39, 0.29) is 5.56 Å². The third kappa shape index (κ3) is 2.83. The SMILES string of the molecule is O=c1c2cc(OCC=Cc3ccccc3)ccc2nc2n1CCC2. The van der Waals surface area contributed by atoms with Crippen LogP contribution >= 0.6 is 0 Å². The summed E-state index contributed by atoms with van der Waals surface area (Å²) >= 11 is 0. The molecule has 3 aromatic rings. The number of aromatic nitrogens is 2. The first-order chi connectivity index (χ1) is 11.8. The fourth-order valence-electron chi connectivity index (χ4n) is 3.05. The lowest BCUT2D eigenvalue weighted by atomic mass is 10.2. The van der Waals surface area contributed by atoms with E-state index >= 15 is 0 Å². The number of aryl methyl sites for hydroxylation is 1. The second kappa shape index (κ2) is 6.32. The van der Waals surface area contributed by atoms with Crippen LogP contribution < -0.4 is 10.3 Å². The Hall–Kier alpha value is -2.88. The van der Waals surface area contributed by atoms with Gasteiger partial charge >= 0.3 is 0 Å². The summed E-state index contributed by atoms with van der Waals surface area (Å²) in [5.41, 5.74) is 1.93. The Morgan fingerprint density at radius 3 is 2.92 bits per heavy atom. The summed E-state index contributed by atoms with van der Waals surface area (Å²) in [6.45, 7) is 1.22.